The van der Waals surface area contributed by atoms with Gasteiger partial charge in [0.25, 0.3) is 5.56 Å². The Kier molecular flexibility index (Phi) is 4.49. The largest absolute Gasteiger partial charge is 0.340 e. The third-order valence-electron chi connectivity index (χ3n) is 4.10. The topological polar surface area (TPSA) is 75.0 Å². The molecular weight excluding hydrogens is 304 g/mol. The second-order valence-corrected chi connectivity index (χ2v) is 6.44. The van der Waals surface area contributed by atoms with Crippen molar-refractivity contribution in [1.82, 2.24) is 20.0 Å². The van der Waals surface area contributed by atoms with Crippen molar-refractivity contribution in [3.05, 3.63) is 57.5 Å². The van der Waals surface area contributed by atoms with Crippen molar-refractivity contribution in [1.29, 1.82) is 0 Å². The average Bonchev–Trinajstić information content (AvgIpc) is 2.92. The fraction of sp³-hybridized carbons (Fsp3) is 0.389. The molecule has 0 unspecified atom stereocenters. The van der Waals surface area contributed by atoms with E-state index in [1.165, 1.54) is 0 Å². The summed E-state index contributed by atoms with van der Waals surface area (Å²) in [4.78, 5) is 21.8. The minimum atomic E-state index is -0.0527. The van der Waals surface area contributed by atoms with E-state index in [-0.39, 0.29) is 11.6 Å². The Labute approximate surface area is 140 Å². The first-order valence-corrected chi connectivity index (χ1v) is 8.08. The number of fused-ring (bicyclic) bond motifs is 1. The summed E-state index contributed by atoms with van der Waals surface area (Å²) in [6.45, 7) is 9.03. The zero-order chi connectivity index (χ0) is 17.3. The molecule has 3 aromatic rings. The SMILES string of the molecule is Cc1ccc2cc(CN(Cc3noc(C)n3)C(C)C)c(=O)[nH]c2c1. The average molecular weight is 326 g/mol. The molecule has 6 nitrogen and oxygen atoms in total. The van der Waals surface area contributed by atoms with Gasteiger partial charge in [-0.2, -0.15) is 4.98 Å². The van der Waals surface area contributed by atoms with Crippen LogP contribution in [0.25, 0.3) is 10.9 Å². The summed E-state index contributed by atoms with van der Waals surface area (Å²) in [5.41, 5.74) is 2.68. The molecule has 24 heavy (non-hydrogen) atoms. The standard InChI is InChI=1S/C18H22N4O2/c1-11(2)22(10-17-19-13(4)24-21-17)9-15-8-14-6-5-12(3)7-16(14)20-18(15)23/h5-8,11H,9-10H2,1-4H3,(H,20,23). The van der Waals surface area contributed by atoms with Crippen molar-refractivity contribution in [3.63, 3.8) is 0 Å². The van der Waals surface area contributed by atoms with Crippen molar-refractivity contribution in [2.45, 2.75) is 46.8 Å². The number of pyridine rings is 1. The van der Waals surface area contributed by atoms with E-state index in [1.807, 2.05) is 31.2 Å². The van der Waals surface area contributed by atoms with Gasteiger partial charge in [0, 0.05) is 30.6 Å². The number of nitrogens with zero attached hydrogens (tertiary/aromatic N) is 3. The summed E-state index contributed by atoms with van der Waals surface area (Å²) in [5, 5.41) is 4.98. The lowest BCUT2D eigenvalue weighted by Gasteiger charge is -2.24. The van der Waals surface area contributed by atoms with Gasteiger partial charge in [-0.3, -0.25) is 9.69 Å². The highest BCUT2D eigenvalue weighted by atomic mass is 16.5. The van der Waals surface area contributed by atoms with Crippen LogP contribution in [0.5, 0.6) is 0 Å². The number of aromatic nitrogens is 3. The second-order valence-electron chi connectivity index (χ2n) is 6.44. The molecule has 0 saturated carbocycles. The third-order valence-corrected chi connectivity index (χ3v) is 4.10. The molecule has 3 rings (SSSR count). The van der Waals surface area contributed by atoms with Gasteiger partial charge < -0.3 is 9.51 Å². The van der Waals surface area contributed by atoms with Crippen LogP contribution in [-0.2, 0) is 13.1 Å². The summed E-state index contributed by atoms with van der Waals surface area (Å²) < 4.78 is 5.03. The quantitative estimate of drug-likeness (QED) is 0.780. The number of aryl methyl sites for hydroxylation is 2. The number of aromatic amines is 1. The van der Waals surface area contributed by atoms with Crippen molar-refractivity contribution in [2.24, 2.45) is 0 Å². The van der Waals surface area contributed by atoms with Gasteiger partial charge in [-0.25, -0.2) is 0 Å². The van der Waals surface area contributed by atoms with Gasteiger partial charge in [-0.15, -0.1) is 0 Å². The fourth-order valence-electron chi connectivity index (χ4n) is 2.70. The molecule has 0 radical (unpaired) electrons. The molecule has 1 N–H and O–H groups in total. The number of nitrogens with one attached hydrogen (secondary N) is 1. The van der Waals surface area contributed by atoms with E-state index in [9.17, 15) is 4.79 Å². The molecule has 0 amide bonds. The van der Waals surface area contributed by atoms with Crippen LogP contribution in [0.3, 0.4) is 0 Å². The number of rotatable bonds is 5. The third kappa shape index (κ3) is 3.54. The number of H-pyrrole nitrogens is 1. The summed E-state index contributed by atoms with van der Waals surface area (Å²) in [6, 6.07) is 8.28. The second kappa shape index (κ2) is 6.57. The van der Waals surface area contributed by atoms with Crippen molar-refractivity contribution in [3.8, 4) is 0 Å². The maximum Gasteiger partial charge on any atom is 0.252 e. The molecule has 126 valence electrons. The summed E-state index contributed by atoms with van der Waals surface area (Å²) in [6.07, 6.45) is 0. The Bertz CT molecular complexity index is 911. The highest BCUT2D eigenvalue weighted by Gasteiger charge is 2.16. The van der Waals surface area contributed by atoms with Gasteiger partial charge in [0.05, 0.1) is 6.54 Å². The van der Waals surface area contributed by atoms with Crippen LogP contribution in [0.2, 0.25) is 0 Å². The normalized spacial score (nSPS) is 11.8. The van der Waals surface area contributed by atoms with Gasteiger partial charge in [0.2, 0.25) is 5.89 Å². The maximum atomic E-state index is 12.4. The number of benzene rings is 1. The Morgan fingerprint density at radius 1 is 1.21 bits per heavy atom. The van der Waals surface area contributed by atoms with Crippen LogP contribution in [0.4, 0.5) is 0 Å². The van der Waals surface area contributed by atoms with Crippen molar-refractivity contribution >= 4 is 10.9 Å². The number of hydrogen-bond acceptors (Lipinski definition) is 5. The molecule has 0 aliphatic rings. The molecule has 6 heteroatoms. The van der Waals surface area contributed by atoms with Crippen molar-refractivity contribution < 1.29 is 4.52 Å². The molecule has 0 spiro atoms. The first-order chi connectivity index (χ1) is 11.4. The van der Waals surface area contributed by atoms with E-state index in [0.717, 1.165) is 22.0 Å². The van der Waals surface area contributed by atoms with Crippen LogP contribution in [0, 0.1) is 13.8 Å². The lowest BCUT2D eigenvalue weighted by molar-refractivity contribution is 0.195. The van der Waals surface area contributed by atoms with Gasteiger partial charge in [-0.1, -0.05) is 17.3 Å². The van der Waals surface area contributed by atoms with Crippen LogP contribution < -0.4 is 5.56 Å². The van der Waals surface area contributed by atoms with Gasteiger partial charge in [0.1, 0.15) is 0 Å². The zero-order valence-corrected chi connectivity index (χ0v) is 14.5. The monoisotopic (exact) mass is 326 g/mol. The molecule has 0 saturated heterocycles. The molecule has 0 bridgehead atoms. The predicted octanol–water partition coefficient (Wildman–Crippen LogP) is 2.94. The van der Waals surface area contributed by atoms with Gasteiger partial charge in [0.15, 0.2) is 5.82 Å². The number of hydrogen-bond donors (Lipinski definition) is 1. The summed E-state index contributed by atoms with van der Waals surface area (Å²) in [7, 11) is 0. The Balaban J connectivity index is 1.89. The van der Waals surface area contributed by atoms with Crippen LogP contribution >= 0.6 is 0 Å². The highest BCUT2D eigenvalue weighted by Crippen LogP contribution is 2.15. The fourth-order valence-corrected chi connectivity index (χ4v) is 2.70. The van der Waals surface area contributed by atoms with Crippen LogP contribution in [-0.4, -0.2) is 26.1 Å². The smallest absolute Gasteiger partial charge is 0.252 e. The van der Waals surface area contributed by atoms with E-state index < -0.39 is 0 Å². The summed E-state index contributed by atoms with van der Waals surface area (Å²) >= 11 is 0. The Hall–Kier alpha value is -2.47. The highest BCUT2D eigenvalue weighted by molar-refractivity contribution is 5.79. The predicted molar refractivity (Wildman–Crippen MR) is 92.7 cm³/mol. The van der Waals surface area contributed by atoms with E-state index in [4.69, 9.17) is 4.52 Å². The van der Waals surface area contributed by atoms with E-state index in [0.29, 0.717) is 24.8 Å². The summed E-state index contributed by atoms with van der Waals surface area (Å²) in [5.74, 6) is 1.18. The van der Waals surface area contributed by atoms with Gasteiger partial charge in [-0.05, 0) is 43.9 Å². The molecule has 2 heterocycles. The van der Waals surface area contributed by atoms with Crippen molar-refractivity contribution in [2.75, 3.05) is 0 Å². The van der Waals surface area contributed by atoms with Crippen LogP contribution in [0.15, 0.2) is 33.6 Å². The van der Waals surface area contributed by atoms with Crippen LogP contribution in [0.1, 0.15) is 36.7 Å². The Morgan fingerprint density at radius 2 is 2.00 bits per heavy atom. The Morgan fingerprint density at radius 3 is 2.67 bits per heavy atom. The molecule has 0 aliphatic carbocycles. The minimum Gasteiger partial charge on any atom is -0.340 e. The molecule has 1 aromatic carbocycles. The van der Waals surface area contributed by atoms with Gasteiger partial charge >= 0.3 is 0 Å². The minimum absolute atomic E-state index is 0.0527. The lowest BCUT2D eigenvalue weighted by Crippen LogP contribution is -2.32. The molecular formula is C18H22N4O2. The molecule has 0 fully saturated rings. The lowest BCUT2D eigenvalue weighted by atomic mass is 10.1. The molecule has 0 aliphatic heterocycles. The maximum absolute atomic E-state index is 12.4. The molecule has 2 aromatic heterocycles. The van der Waals surface area contributed by atoms with E-state index in [2.05, 4.69) is 33.9 Å². The molecule has 0 atom stereocenters. The first-order valence-electron chi connectivity index (χ1n) is 8.08. The van der Waals surface area contributed by atoms with E-state index >= 15 is 0 Å². The zero-order valence-electron chi connectivity index (χ0n) is 14.5. The van der Waals surface area contributed by atoms with E-state index in [1.54, 1.807) is 6.92 Å². The first kappa shape index (κ1) is 16.4.